The molecule has 1 nitrogen and oxygen atoms in total. The Morgan fingerprint density at radius 2 is 2.25 bits per heavy atom. The Labute approximate surface area is 71.8 Å². The molecule has 1 aromatic heterocycles. The van der Waals surface area contributed by atoms with E-state index in [0.717, 1.165) is 11.3 Å². The van der Waals surface area contributed by atoms with Crippen LogP contribution in [-0.4, -0.2) is 4.98 Å². The molecule has 0 aromatic carbocycles. The third kappa shape index (κ3) is 1.31. The van der Waals surface area contributed by atoms with Gasteiger partial charge in [0, 0.05) is 12.3 Å². The quantitative estimate of drug-likeness (QED) is 0.566. The van der Waals surface area contributed by atoms with Gasteiger partial charge in [0.15, 0.2) is 0 Å². The van der Waals surface area contributed by atoms with E-state index in [-0.39, 0.29) is 0 Å². The zero-order chi connectivity index (χ0) is 8.23. The van der Waals surface area contributed by atoms with Crippen LogP contribution in [0.25, 0.3) is 5.57 Å². The first-order valence-electron chi connectivity index (χ1n) is 3.84. The first-order valence-corrected chi connectivity index (χ1v) is 3.84. The lowest BCUT2D eigenvalue weighted by atomic mass is 10.1. The highest BCUT2D eigenvalue weighted by atomic mass is 14.7. The summed E-state index contributed by atoms with van der Waals surface area (Å²) in [4.78, 5) is 4.24. The van der Waals surface area contributed by atoms with Crippen molar-refractivity contribution in [1.82, 2.24) is 4.98 Å². The third-order valence-corrected chi connectivity index (χ3v) is 1.68. The molecule has 0 spiro atoms. The Morgan fingerprint density at radius 3 is 2.92 bits per heavy atom. The number of hydrogen-bond acceptors (Lipinski definition) is 1. The van der Waals surface area contributed by atoms with Crippen LogP contribution in [0.15, 0.2) is 48.7 Å². The van der Waals surface area contributed by atoms with Gasteiger partial charge in [-0.25, -0.2) is 0 Å². The van der Waals surface area contributed by atoms with Crippen molar-refractivity contribution < 1.29 is 0 Å². The Bertz CT molecular complexity index is 345. The standard InChI is InChI=1S/C11H8N/c1-2-6-10(7-3-1)11-8-4-5-9-12-11/h2-9H/q+1. The number of hydrogen-bond donors (Lipinski definition) is 0. The Morgan fingerprint density at radius 1 is 1.25 bits per heavy atom. The average molecular weight is 154 g/mol. The molecule has 1 aliphatic carbocycles. The second-order valence-electron chi connectivity index (χ2n) is 2.50. The zero-order valence-electron chi connectivity index (χ0n) is 6.57. The third-order valence-electron chi connectivity index (χ3n) is 1.68. The van der Waals surface area contributed by atoms with E-state index >= 15 is 0 Å². The molecule has 0 atom stereocenters. The number of pyridine rings is 1. The molecule has 0 bridgehead atoms. The van der Waals surface area contributed by atoms with E-state index in [1.807, 2.05) is 42.5 Å². The van der Waals surface area contributed by atoms with E-state index < -0.39 is 0 Å². The summed E-state index contributed by atoms with van der Waals surface area (Å²) in [5.74, 6) is 0. The van der Waals surface area contributed by atoms with Crippen LogP contribution in [0.5, 0.6) is 0 Å². The van der Waals surface area contributed by atoms with Gasteiger partial charge < -0.3 is 0 Å². The summed E-state index contributed by atoms with van der Waals surface area (Å²) in [5, 5.41) is 0. The van der Waals surface area contributed by atoms with Crippen molar-refractivity contribution in [3.8, 4) is 0 Å². The van der Waals surface area contributed by atoms with E-state index in [1.165, 1.54) is 0 Å². The molecule has 0 fully saturated rings. The highest BCUT2D eigenvalue weighted by molar-refractivity contribution is 5.74. The molecule has 1 heteroatoms. The van der Waals surface area contributed by atoms with E-state index in [0.29, 0.717) is 0 Å². The number of allylic oxidation sites excluding steroid dienone is 6. The molecule has 0 saturated carbocycles. The van der Waals surface area contributed by atoms with Crippen molar-refractivity contribution in [3.63, 3.8) is 0 Å². The fraction of sp³-hybridized carbons (Fsp3) is 0. The van der Waals surface area contributed by atoms with Crippen molar-refractivity contribution in [1.29, 1.82) is 0 Å². The average Bonchev–Trinajstić information content (AvgIpc) is 2.21. The smallest absolute Gasteiger partial charge is 0.111 e. The van der Waals surface area contributed by atoms with Crippen LogP contribution in [0.3, 0.4) is 0 Å². The molecule has 1 heterocycles. The minimum Gasteiger partial charge on any atom is -0.254 e. The van der Waals surface area contributed by atoms with Gasteiger partial charge in [0.1, 0.15) is 17.7 Å². The maximum absolute atomic E-state index is 4.24. The number of nitrogens with zero attached hydrogens (tertiary/aromatic N) is 1. The second-order valence-corrected chi connectivity index (χ2v) is 2.50. The highest BCUT2D eigenvalue weighted by Gasteiger charge is 2.04. The Hall–Kier alpha value is -1.72. The van der Waals surface area contributed by atoms with Gasteiger partial charge in [0.2, 0.25) is 0 Å². The molecule has 56 valence electrons. The van der Waals surface area contributed by atoms with Gasteiger partial charge in [0.25, 0.3) is 0 Å². The normalized spacial score (nSPS) is 13.8. The molecule has 0 saturated heterocycles. The van der Waals surface area contributed by atoms with Crippen molar-refractivity contribution >= 4 is 5.57 Å². The van der Waals surface area contributed by atoms with Gasteiger partial charge in [-0.15, -0.1) is 0 Å². The summed E-state index contributed by atoms with van der Waals surface area (Å²) in [6.07, 6.45) is 12.6. The molecular weight excluding hydrogens is 146 g/mol. The van der Waals surface area contributed by atoms with Crippen LogP contribution < -0.4 is 0 Å². The van der Waals surface area contributed by atoms with Crippen LogP contribution in [0.4, 0.5) is 0 Å². The fourth-order valence-electron chi connectivity index (χ4n) is 1.09. The van der Waals surface area contributed by atoms with E-state index in [1.54, 1.807) is 6.20 Å². The van der Waals surface area contributed by atoms with Crippen LogP contribution in [0, 0.1) is 6.08 Å². The summed E-state index contributed by atoms with van der Waals surface area (Å²) in [6, 6.07) is 5.90. The van der Waals surface area contributed by atoms with Crippen LogP contribution >= 0.6 is 0 Å². The van der Waals surface area contributed by atoms with Gasteiger partial charge in [0.05, 0.1) is 17.8 Å². The Kier molecular flexibility index (Phi) is 1.81. The zero-order valence-corrected chi connectivity index (χ0v) is 6.57. The molecule has 0 radical (unpaired) electrons. The summed E-state index contributed by atoms with van der Waals surface area (Å²) in [7, 11) is 0. The second kappa shape index (κ2) is 3.12. The first-order chi connectivity index (χ1) is 5.97. The van der Waals surface area contributed by atoms with Crippen molar-refractivity contribution in [2.75, 3.05) is 0 Å². The Balaban J connectivity index is 2.38. The first kappa shape index (κ1) is 6.96. The molecule has 0 unspecified atom stereocenters. The lowest BCUT2D eigenvalue weighted by Gasteiger charge is -1.94. The fourth-order valence-corrected chi connectivity index (χ4v) is 1.09. The van der Waals surface area contributed by atoms with Gasteiger partial charge >= 0.3 is 0 Å². The SMILES string of the molecule is [C+]1=CC=C(c2ccccn2)C=C1. The molecule has 0 aliphatic heterocycles. The van der Waals surface area contributed by atoms with Gasteiger partial charge in [-0.05, 0) is 12.1 Å². The molecule has 1 aliphatic rings. The van der Waals surface area contributed by atoms with Crippen molar-refractivity contribution in [2.24, 2.45) is 0 Å². The van der Waals surface area contributed by atoms with E-state index in [9.17, 15) is 0 Å². The minimum absolute atomic E-state index is 1.01. The lowest BCUT2D eigenvalue weighted by Crippen LogP contribution is -1.85. The van der Waals surface area contributed by atoms with Crippen LogP contribution in [-0.2, 0) is 0 Å². The number of aromatic nitrogens is 1. The maximum Gasteiger partial charge on any atom is 0.111 e. The van der Waals surface area contributed by atoms with Gasteiger partial charge in [-0.2, -0.15) is 0 Å². The minimum atomic E-state index is 1.01. The van der Waals surface area contributed by atoms with E-state index in [2.05, 4.69) is 11.1 Å². The molecule has 12 heavy (non-hydrogen) atoms. The molecule has 0 amide bonds. The monoisotopic (exact) mass is 154 g/mol. The molecule has 2 rings (SSSR count). The molecule has 0 N–H and O–H groups in total. The predicted molar refractivity (Wildman–Crippen MR) is 49.2 cm³/mol. The lowest BCUT2D eigenvalue weighted by molar-refractivity contribution is 1.28. The van der Waals surface area contributed by atoms with Crippen molar-refractivity contribution in [3.05, 3.63) is 60.5 Å². The summed E-state index contributed by atoms with van der Waals surface area (Å²) >= 11 is 0. The van der Waals surface area contributed by atoms with Gasteiger partial charge in [-0.1, -0.05) is 6.07 Å². The molecular formula is C11H8N+. The largest absolute Gasteiger partial charge is 0.254 e. The topological polar surface area (TPSA) is 12.9 Å². The number of rotatable bonds is 1. The van der Waals surface area contributed by atoms with Crippen LogP contribution in [0.2, 0.25) is 0 Å². The van der Waals surface area contributed by atoms with E-state index in [4.69, 9.17) is 0 Å². The maximum atomic E-state index is 4.24. The van der Waals surface area contributed by atoms with Crippen molar-refractivity contribution in [2.45, 2.75) is 0 Å². The van der Waals surface area contributed by atoms with Gasteiger partial charge in [-0.3, -0.25) is 4.98 Å². The molecule has 1 aromatic rings. The summed E-state index contributed by atoms with van der Waals surface area (Å²) in [6.45, 7) is 0. The predicted octanol–water partition coefficient (Wildman–Crippen LogP) is 2.39. The van der Waals surface area contributed by atoms with Crippen LogP contribution in [0.1, 0.15) is 5.69 Å². The highest BCUT2D eigenvalue weighted by Crippen LogP contribution is 2.14. The summed E-state index contributed by atoms with van der Waals surface area (Å²) in [5.41, 5.74) is 2.14. The summed E-state index contributed by atoms with van der Waals surface area (Å²) < 4.78 is 0.